The van der Waals surface area contributed by atoms with E-state index >= 15 is 0 Å². The van der Waals surface area contributed by atoms with Crippen LogP contribution in [-0.2, 0) is 0 Å². The molecule has 0 radical (unpaired) electrons. The predicted molar refractivity (Wildman–Crippen MR) is 84.7 cm³/mol. The van der Waals surface area contributed by atoms with Gasteiger partial charge in [-0.1, -0.05) is 13.8 Å². The van der Waals surface area contributed by atoms with Gasteiger partial charge in [0.25, 0.3) is 5.91 Å². The Labute approximate surface area is 127 Å². The van der Waals surface area contributed by atoms with E-state index in [4.69, 9.17) is 4.42 Å². The topological polar surface area (TPSA) is 45.5 Å². The highest BCUT2D eigenvalue weighted by Crippen LogP contribution is 2.22. The number of aryl methyl sites for hydroxylation is 1. The van der Waals surface area contributed by atoms with Gasteiger partial charge in [0.2, 0.25) is 0 Å². The molecule has 0 aliphatic carbocycles. The third kappa shape index (κ3) is 4.34. The van der Waals surface area contributed by atoms with Gasteiger partial charge in [-0.15, -0.1) is 0 Å². The molecule has 1 saturated heterocycles. The second-order valence-electron chi connectivity index (χ2n) is 6.59. The molecule has 1 unspecified atom stereocenters. The molecule has 0 aromatic carbocycles. The number of carbonyl (C=O) groups excluding carboxylic acids is 1. The summed E-state index contributed by atoms with van der Waals surface area (Å²) in [6.45, 7) is 9.10. The van der Waals surface area contributed by atoms with Crippen LogP contribution in [0.25, 0.3) is 0 Å². The third-order valence-electron chi connectivity index (χ3n) is 4.31. The quantitative estimate of drug-likeness (QED) is 0.906. The first kappa shape index (κ1) is 16.1. The normalized spacial score (nSPS) is 20.0. The number of furan rings is 1. The summed E-state index contributed by atoms with van der Waals surface area (Å²) in [7, 11) is 2.17. The van der Waals surface area contributed by atoms with Crippen LogP contribution in [0.4, 0.5) is 0 Å². The van der Waals surface area contributed by atoms with Crippen molar-refractivity contribution in [3.63, 3.8) is 0 Å². The zero-order chi connectivity index (χ0) is 15.4. The van der Waals surface area contributed by atoms with Crippen LogP contribution in [-0.4, -0.2) is 37.5 Å². The van der Waals surface area contributed by atoms with Gasteiger partial charge in [-0.3, -0.25) is 4.79 Å². The molecule has 4 heteroatoms. The highest BCUT2D eigenvalue weighted by atomic mass is 16.3. The largest absolute Gasteiger partial charge is 0.465 e. The smallest absolute Gasteiger partial charge is 0.254 e. The van der Waals surface area contributed by atoms with Crippen LogP contribution >= 0.6 is 0 Å². The number of piperidine rings is 1. The fourth-order valence-corrected chi connectivity index (χ4v) is 3.01. The van der Waals surface area contributed by atoms with E-state index in [1.54, 1.807) is 0 Å². The Morgan fingerprint density at radius 1 is 1.52 bits per heavy atom. The molecule has 1 N–H and O–H groups in total. The summed E-state index contributed by atoms with van der Waals surface area (Å²) < 4.78 is 5.64. The van der Waals surface area contributed by atoms with Crippen molar-refractivity contribution in [1.82, 2.24) is 10.2 Å². The summed E-state index contributed by atoms with van der Waals surface area (Å²) in [6, 6.07) is 1.88. The van der Waals surface area contributed by atoms with Crippen molar-refractivity contribution in [1.29, 1.82) is 0 Å². The number of nitrogens with one attached hydrogen (secondary N) is 1. The van der Waals surface area contributed by atoms with Crippen molar-refractivity contribution in [3.05, 3.63) is 23.2 Å². The lowest BCUT2D eigenvalue weighted by Crippen LogP contribution is -2.34. The van der Waals surface area contributed by atoms with Crippen molar-refractivity contribution in [2.24, 2.45) is 5.92 Å². The van der Waals surface area contributed by atoms with E-state index in [9.17, 15) is 4.79 Å². The van der Waals surface area contributed by atoms with Crippen molar-refractivity contribution in [3.8, 4) is 0 Å². The SMILES string of the molecule is Cc1oc(C(C)C)cc1C(=O)NCCC1CCCN(C)C1. The highest BCUT2D eigenvalue weighted by molar-refractivity contribution is 5.95. The van der Waals surface area contributed by atoms with Crippen molar-refractivity contribution >= 4 is 5.91 Å². The van der Waals surface area contributed by atoms with Crippen LogP contribution < -0.4 is 5.32 Å². The third-order valence-corrected chi connectivity index (χ3v) is 4.31. The summed E-state index contributed by atoms with van der Waals surface area (Å²) in [5.41, 5.74) is 0.680. The average molecular weight is 292 g/mol. The summed E-state index contributed by atoms with van der Waals surface area (Å²) in [4.78, 5) is 14.6. The lowest BCUT2D eigenvalue weighted by atomic mass is 9.95. The first-order valence-electron chi connectivity index (χ1n) is 8.04. The van der Waals surface area contributed by atoms with E-state index in [1.165, 1.54) is 19.4 Å². The van der Waals surface area contributed by atoms with Gasteiger partial charge in [0.1, 0.15) is 11.5 Å². The van der Waals surface area contributed by atoms with Gasteiger partial charge in [0.05, 0.1) is 5.56 Å². The number of hydrogen-bond donors (Lipinski definition) is 1. The molecule has 1 fully saturated rings. The van der Waals surface area contributed by atoms with Crippen LogP contribution in [0.5, 0.6) is 0 Å². The van der Waals surface area contributed by atoms with Crippen LogP contribution in [0.15, 0.2) is 10.5 Å². The summed E-state index contributed by atoms with van der Waals surface area (Å²) >= 11 is 0. The maximum absolute atomic E-state index is 12.2. The van der Waals surface area contributed by atoms with Gasteiger partial charge in [-0.2, -0.15) is 0 Å². The highest BCUT2D eigenvalue weighted by Gasteiger charge is 2.19. The van der Waals surface area contributed by atoms with E-state index in [-0.39, 0.29) is 5.91 Å². The maximum Gasteiger partial charge on any atom is 0.254 e. The van der Waals surface area contributed by atoms with Gasteiger partial charge < -0.3 is 14.6 Å². The standard InChI is InChI=1S/C17H28N2O2/c1-12(2)16-10-15(13(3)21-16)17(20)18-8-7-14-6-5-9-19(4)11-14/h10,12,14H,5-9,11H2,1-4H3,(H,18,20). The predicted octanol–water partition coefficient (Wildman–Crippen LogP) is 3.17. The fraction of sp³-hybridized carbons (Fsp3) is 0.706. The molecule has 0 saturated carbocycles. The van der Waals surface area contributed by atoms with Crippen LogP contribution in [0.1, 0.15) is 60.9 Å². The van der Waals surface area contributed by atoms with E-state index in [0.717, 1.165) is 25.3 Å². The molecule has 1 atom stereocenters. The Kier molecular flexibility index (Phi) is 5.45. The van der Waals surface area contributed by atoms with E-state index < -0.39 is 0 Å². The number of nitrogens with zero attached hydrogens (tertiary/aromatic N) is 1. The molecule has 1 aliphatic heterocycles. The van der Waals surface area contributed by atoms with Crippen molar-refractivity contribution < 1.29 is 9.21 Å². The molecule has 21 heavy (non-hydrogen) atoms. The number of rotatable bonds is 5. The molecule has 0 spiro atoms. The molecule has 1 aromatic rings. The Morgan fingerprint density at radius 3 is 2.90 bits per heavy atom. The molecule has 1 aromatic heterocycles. The van der Waals surface area contributed by atoms with Gasteiger partial charge in [-0.25, -0.2) is 0 Å². The second kappa shape index (κ2) is 7.12. The Hall–Kier alpha value is -1.29. The molecule has 4 nitrogen and oxygen atoms in total. The van der Waals surface area contributed by atoms with Gasteiger partial charge in [0.15, 0.2) is 0 Å². The van der Waals surface area contributed by atoms with Crippen LogP contribution in [0, 0.1) is 12.8 Å². The first-order valence-corrected chi connectivity index (χ1v) is 8.04. The Balaban J connectivity index is 1.81. The second-order valence-corrected chi connectivity index (χ2v) is 6.59. The average Bonchev–Trinajstić information content (AvgIpc) is 2.81. The van der Waals surface area contributed by atoms with Gasteiger partial charge in [-0.05, 0) is 51.8 Å². The number of carbonyl (C=O) groups is 1. The molecule has 118 valence electrons. The zero-order valence-electron chi connectivity index (χ0n) is 13.7. The molecule has 0 bridgehead atoms. The molecule has 2 heterocycles. The number of hydrogen-bond acceptors (Lipinski definition) is 3. The van der Waals surface area contributed by atoms with Crippen molar-refractivity contribution in [2.45, 2.75) is 46.0 Å². The Morgan fingerprint density at radius 2 is 2.29 bits per heavy atom. The zero-order valence-corrected chi connectivity index (χ0v) is 13.7. The van der Waals surface area contributed by atoms with Gasteiger partial charge in [0, 0.05) is 19.0 Å². The lowest BCUT2D eigenvalue weighted by Gasteiger charge is -2.29. The summed E-state index contributed by atoms with van der Waals surface area (Å²) in [5, 5.41) is 3.04. The molecular formula is C17H28N2O2. The van der Waals surface area contributed by atoms with Gasteiger partial charge >= 0.3 is 0 Å². The Bertz CT molecular complexity index is 479. The monoisotopic (exact) mass is 292 g/mol. The number of likely N-dealkylation sites (tertiary alicyclic amines) is 1. The minimum atomic E-state index is -0.00712. The molecular weight excluding hydrogens is 264 g/mol. The van der Waals surface area contributed by atoms with Crippen LogP contribution in [0.3, 0.4) is 0 Å². The molecule has 1 amide bonds. The number of amides is 1. The molecule has 2 rings (SSSR count). The summed E-state index contributed by atoms with van der Waals surface area (Å²) in [5.74, 6) is 2.61. The van der Waals surface area contributed by atoms with Crippen LogP contribution in [0.2, 0.25) is 0 Å². The fourth-order valence-electron chi connectivity index (χ4n) is 3.01. The molecule has 1 aliphatic rings. The van der Waals surface area contributed by atoms with E-state index in [0.29, 0.717) is 23.2 Å². The minimum Gasteiger partial charge on any atom is -0.465 e. The lowest BCUT2D eigenvalue weighted by molar-refractivity contribution is 0.0947. The minimum absolute atomic E-state index is 0.00712. The van der Waals surface area contributed by atoms with Crippen molar-refractivity contribution in [2.75, 3.05) is 26.7 Å². The first-order chi connectivity index (χ1) is 9.97. The maximum atomic E-state index is 12.2. The summed E-state index contributed by atoms with van der Waals surface area (Å²) in [6.07, 6.45) is 3.61. The van der Waals surface area contributed by atoms with E-state index in [1.807, 2.05) is 13.0 Å². The van der Waals surface area contributed by atoms with E-state index in [2.05, 4.69) is 31.1 Å².